The molecule has 0 saturated carbocycles. The van der Waals surface area contributed by atoms with Crippen LogP contribution in [-0.4, -0.2) is 26.4 Å². The minimum atomic E-state index is -0.328. The highest BCUT2D eigenvalue weighted by Crippen LogP contribution is 2.20. The average Bonchev–Trinajstić information content (AvgIpc) is 3.37. The zero-order chi connectivity index (χ0) is 20.6. The number of allylic oxidation sites excluding steroid dienone is 1. The third-order valence-corrected chi connectivity index (χ3v) is 4.93. The van der Waals surface area contributed by atoms with Gasteiger partial charge < -0.3 is 14.5 Å². The Bertz CT molecular complexity index is 941. The molecule has 3 rings (SSSR count). The topological polar surface area (TPSA) is 82.2 Å². The molecule has 0 spiro atoms. The number of benzene rings is 1. The Morgan fingerprint density at radius 2 is 2.17 bits per heavy atom. The quantitative estimate of drug-likeness (QED) is 0.400. The van der Waals surface area contributed by atoms with Gasteiger partial charge in [-0.3, -0.25) is 9.36 Å². The van der Waals surface area contributed by atoms with Crippen molar-refractivity contribution in [3.63, 3.8) is 0 Å². The number of furan rings is 1. The highest BCUT2D eigenvalue weighted by atomic mass is 32.2. The Balaban J connectivity index is 1.58. The molecule has 0 bridgehead atoms. The monoisotopic (exact) mass is 416 g/mol. The third kappa shape index (κ3) is 5.71. The lowest BCUT2D eigenvalue weighted by molar-refractivity contribution is -0.119. The molecule has 2 heterocycles. The first-order valence-corrected chi connectivity index (χ1v) is 9.92. The Hall–Kier alpha value is -3.07. The molecule has 152 valence electrons. The smallest absolute Gasteiger partial charge is 0.231 e. The van der Waals surface area contributed by atoms with Gasteiger partial charge in [0.25, 0.3) is 0 Å². The van der Waals surface area contributed by atoms with Crippen LogP contribution in [0.5, 0.6) is 5.75 Å². The van der Waals surface area contributed by atoms with E-state index in [9.17, 15) is 9.18 Å². The van der Waals surface area contributed by atoms with Crippen LogP contribution in [0.25, 0.3) is 0 Å². The van der Waals surface area contributed by atoms with Crippen molar-refractivity contribution in [3.8, 4) is 5.75 Å². The molecule has 9 heteroatoms. The fraction of sp³-hybridized carbons (Fsp3) is 0.250. The first-order valence-electron chi connectivity index (χ1n) is 8.93. The maximum atomic E-state index is 13.0. The normalized spacial score (nSPS) is 11.8. The van der Waals surface area contributed by atoms with Crippen molar-refractivity contribution in [2.75, 3.05) is 5.75 Å². The molecule has 1 atom stereocenters. The first-order chi connectivity index (χ1) is 14.1. The zero-order valence-electron chi connectivity index (χ0n) is 15.9. The number of carbonyl (C=O) groups excluding carboxylic acids is 1. The molecular weight excluding hydrogens is 395 g/mol. The van der Waals surface area contributed by atoms with Gasteiger partial charge >= 0.3 is 0 Å². The summed E-state index contributed by atoms with van der Waals surface area (Å²) in [6, 6.07) is 9.12. The van der Waals surface area contributed by atoms with Gasteiger partial charge in [-0.15, -0.1) is 16.8 Å². The van der Waals surface area contributed by atoms with Crippen molar-refractivity contribution in [2.45, 2.75) is 31.3 Å². The minimum absolute atomic E-state index is 0.142. The molecule has 0 aliphatic carbocycles. The molecule has 0 aliphatic heterocycles. The molecule has 3 aromatic rings. The summed E-state index contributed by atoms with van der Waals surface area (Å²) in [5.41, 5.74) is 0. The van der Waals surface area contributed by atoms with Crippen LogP contribution in [0, 0.1) is 5.82 Å². The Morgan fingerprint density at radius 1 is 1.38 bits per heavy atom. The molecule has 1 aromatic carbocycles. The van der Waals surface area contributed by atoms with Crippen LogP contribution in [0.2, 0.25) is 0 Å². The van der Waals surface area contributed by atoms with Gasteiger partial charge in [0.05, 0.1) is 18.1 Å². The van der Waals surface area contributed by atoms with Gasteiger partial charge in [-0.2, -0.15) is 0 Å². The summed E-state index contributed by atoms with van der Waals surface area (Å²) in [5.74, 6) is 1.51. The number of amides is 1. The number of rotatable bonds is 10. The number of thioether (sulfide) groups is 1. The SMILES string of the molecule is C=CCn1c(COc2ccc(F)cc2)nnc1SCC(=O)N[C@H](C)c1ccco1. The fourth-order valence-corrected chi connectivity index (χ4v) is 3.32. The molecule has 0 unspecified atom stereocenters. The number of ether oxygens (including phenoxy) is 1. The predicted octanol–water partition coefficient (Wildman–Crippen LogP) is 3.74. The van der Waals surface area contributed by atoms with Crippen molar-refractivity contribution in [3.05, 3.63) is 72.7 Å². The Morgan fingerprint density at radius 3 is 2.86 bits per heavy atom. The van der Waals surface area contributed by atoms with Crippen LogP contribution in [0.3, 0.4) is 0 Å². The predicted molar refractivity (Wildman–Crippen MR) is 107 cm³/mol. The molecule has 29 heavy (non-hydrogen) atoms. The summed E-state index contributed by atoms with van der Waals surface area (Å²) in [6.45, 7) is 6.24. The molecule has 0 radical (unpaired) electrons. The number of hydrogen-bond acceptors (Lipinski definition) is 6. The van der Waals surface area contributed by atoms with E-state index in [0.29, 0.717) is 29.0 Å². The lowest BCUT2D eigenvalue weighted by atomic mass is 10.2. The molecular formula is C20H21FN4O3S. The van der Waals surface area contributed by atoms with Gasteiger partial charge in [0.1, 0.15) is 23.9 Å². The van der Waals surface area contributed by atoms with Gasteiger partial charge in [0, 0.05) is 6.54 Å². The van der Waals surface area contributed by atoms with Crippen LogP contribution < -0.4 is 10.1 Å². The highest BCUT2D eigenvalue weighted by Gasteiger charge is 2.16. The summed E-state index contributed by atoms with van der Waals surface area (Å²) >= 11 is 1.27. The molecule has 0 saturated heterocycles. The number of aromatic nitrogens is 3. The van der Waals surface area contributed by atoms with Crippen LogP contribution in [-0.2, 0) is 17.9 Å². The van der Waals surface area contributed by atoms with Gasteiger partial charge in [-0.25, -0.2) is 4.39 Å². The van der Waals surface area contributed by atoms with Gasteiger partial charge in [0.2, 0.25) is 5.91 Å². The second kappa shape index (κ2) is 9.92. The fourth-order valence-electron chi connectivity index (χ4n) is 2.55. The summed E-state index contributed by atoms with van der Waals surface area (Å²) in [4.78, 5) is 12.2. The van der Waals surface area contributed by atoms with Crippen molar-refractivity contribution in [1.82, 2.24) is 20.1 Å². The second-order valence-electron chi connectivity index (χ2n) is 6.13. The van der Waals surface area contributed by atoms with Crippen LogP contribution >= 0.6 is 11.8 Å². The van der Waals surface area contributed by atoms with E-state index in [-0.39, 0.29) is 30.1 Å². The van der Waals surface area contributed by atoms with E-state index < -0.39 is 0 Å². The summed E-state index contributed by atoms with van der Waals surface area (Å²) in [7, 11) is 0. The molecule has 0 aliphatic rings. The zero-order valence-corrected chi connectivity index (χ0v) is 16.7. The largest absolute Gasteiger partial charge is 0.486 e. The lowest BCUT2D eigenvalue weighted by Crippen LogP contribution is -2.28. The maximum absolute atomic E-state index is 13.0. The van der Waals surface area contributed by atoms with E-state index in [1.54, 1.807) is 30.5 Å². The van der Waals surface area contributed by atoms with E-state index in [1.807, 2.05) is 17.6 Å². The number of hydrogen-bond donors (Lipinski definition) is 1. The van der Waals surface area contributed by atoms with Crippen LogP contribution in [0.4, 0.5) is 4.39 Å². The number of nitrogens with one attached hydrogen (secondary N) is 1. The van der Waals surface area contributed by atoms with Gasteiger partial charge in [-0.05, 0) is 43.3 Å². The highest BCUT2D eigenvalue weighted by molar-refractivity contribution is 7.99. The third-order valence-electron chi connectivity index (χ3n) is 3.97. The Labute approximate surface area is 172 Å². The van der Waals surface area contributed by atoms with Gasteiger partial charge in [0.15, 0.2) is 11.0 Å². The lowest BCUT2D eigenvalue weighted by Gasteiger charge is -2.11. The van der Waals surface area contributed by atoms with Crippen molar-refractivity contribution >= 4 is 17.7 Å². The summed E-state index contributed by atoms with van der Waals surface area (Å²) in [5, 5.41) is 11.8. The average molecular weight is 416 g/mol. The molecule has 7 nitrogen and oxygen atoms in total. The summed E-state index contributed by atoms with van der Waals surface area (Å²) in [6.07, 6.45) is 3.29. The van der Waals surface area contributed by atoms with E-state index in [4.69, 9.17) is 9.15 Å². The van der Waals surface area contributed by atoms with Crippen LogP contribution in [0.1, 0.15) is 24.6 Å². The van der Waals surface area contributed by atoms with E-state index in [2.05, 4.69) is 22.1 Å². The number of halogens is 1. The van der Waals surface area contributed by atoms with Gasteiger partial charge in [-0.1, -0.05) is 17.8 Å². The van der Waals surface area contributed by atoms with E-state index >= 15 is 0 Å². The summed E-state index contributed by atoms with van der Waals surface area (Å²) < 4.78 is 25.7. The minimum Gasteiger partial charge on any atom is -0.486 e. The maximum Gasteiger partial charge on any atom is 0.231 e. The molecule has 1 amide bonds. The van der Waals surface area contributed by atoms with E-state index in [1.165, 1.54) is 23.9 Å². The molecule has 0 fully saturated rings. The second-order valence-corrected chi connectivity index (χ2v) is 7.08. The molecule has 2 aromatic heterocycles. The van der Waals surface area contributed by atoms with Crippen molar-refractivity contribution in [1.29, 1.82) is 0 Å². The van der Waals surface area contributed by atoms with Crippen molar-refractivity contribution in [2.24, 2.45) is 0 Å². The van der Waals surface area contributed by atoms with Crippen LogP contribution in [0.15, 0.2) is 64.9 Å². The number of nitrogens with zero attached hydrogens (tertiary/aromatic N) is 3. The standard InChI is InChI=1S/C20H21FN4O3S/c1-3-10-25-18(12-28-16-8-6-15(21)7-9-16)23-24-20(25)29-13-19(26)22-14(2)17-5-4-11-27-17/h3-9,11,14H,1,10,12-13H2,2H3,(H,22,26)/t14-/m1/s1. The van der Waals surface area contributed by atoms with Crippen molar-refractivity contribution < 1.29 is 18.3 Å². The molecule has 1 N–H and O–H groups in total. The number of carbonyl (C=O) groups is 1. The first kappa shape index (κ1) is 20.7. The Kier molecular flexibility index (Phi) is 7.07. The van der Waals surface area contributed by atoms with E-state index in [0.717, 1.165) is 0 Å².